The smallest absolute Gasteiger partial charge is 0.341 e. The van der Waals surface area contributed by atoms with Crippen molar-refractivity contribution in [3.05, 3.63) is 59.3 Å². The molecule has 0 fully saturated rings. The number of ether oxygens (including phenoxy) is 1. The fraction of sp³-hybridized carbons (Fsp3) is 0.133. The maximum atomic E-state index is 13.0. The number of pyridine rings is 1. The number of carboxylic acids is 1. The number of carboxylic acid groups (broad SMARTS) is 1. The van der Waals surface area contributed by atoms with Crippen molar-refractivity contribution in [1.29, 1.82) is 0 Å². The summed E-state index contributed by atoms with van der Waals surface area (Å²) in [7, 11) is 0. The van der Waals surface area contributed by atoms with E-state index in [0.29, 0.717) is 5.56 Å². The summed E-state index contributed by atoms with van der Waals surface area (Å²) in [4.78, 5) is 25.9. The largest absolute Gasteiger partial charge is 0.477 e. The monoisotopic (exact) mass is 307 g/mol. The van der Waals surface area contributed by atoms with Gasteiger partial charge >= 0.3 is 11.9 Å². The normalized spacial score (nSPS) is 10.3. The van der Waals surface area contributed by atoms with Crippen LogP contribution >= 0.6 is 0 Å². The van der Waals surface area contributed by atoms with Crippen LogP contribution in [0.4, 0.5) is 8.78 Å². The summed E-state index contributed by atoms with van der Waals surface area (Å²) in [6, 6.07) is 7.39. The van der Waals surface area contributed by atoms with Crippen molar-refractivity contribution in [2.75, 3.05) is 0 Å². The van der Waals surface area contributed by atoms with Gasteiger partial charge in [-0.3, -0.25) is 4.79 Å². The number of esters is 1. The number of aromatic carboxylic acids is 1. The highest BCUT2D eigenvalue weighted by molar-refractivity contribution is 5.91. The van der Waals surface area contributed by atoms with Gasteiger partial charge in [-0.25, -0.2) is 9.18 Å². The van der Waals surface area contributed by atoms with E-state index in [4.69, 9.17) is 9.84 Å². The lowest BCUT2D eigenvalue weighted by Crippen LogP contribution is -2.13. The Kier molecular flexibility index (Phi) is 4.77. The topological polar surface area (TPSA) is 76.5 Å². The van der Waals surface area contributed by atoms with Gasteiger partial charge in [-0.05, 0) is 36.2 Å². The highest BCUT2D eigenvalue weighted by atomic mass is 19.1. The van der Waals surface area contributed by atoms with Gasteiger partial charge in [0, 0.05) is 0 Å². The number of benzene rings is 1. The number of aromatic nitrogens is 1. The van der Waals surface area contributed by atoms with E-state index in [0.717, 1.165) is 12.1 Å². The van der Waals surface area contributed by atoms with E-state index in [1.807, 2.05) is 0 Å². The van der Waals surface area contributed by atoms with Gasteiger partial charge in [0.25, 0.3) is 0 Å². The molecule has 1 aromatic heterocycles. The number of carbonyl (C=O) groups is 2. The van der Waals surface area contributed by atoms with Crippen LogP contribution in [0.1, 0.15) is 22.3 Å². The fourth-order valence-electron chi connectivity index (χ4n) is 1.71. The Labute approximate surface area is 124 Å². The SMILES string of the molecule is O=C(CCc1ccc(F)cc1)Oc1nc(F)ccc1C(=O)O. The first-order valence-corrected chi connectivity index (χ1v) is 6.30. The minimum absolute atomic E-state index is 0.0805. The van der Waals surface area contributed by atoms with Gasteiger partial charge in [-0.2, -0.15) is 9.37 Å². The van der Waals surface area contributed by atoms with E-state index in [1.54, 1.807) is 0 Å². The molecule has 22 heavy (non-hydrogen) atoms. The van der Waals surface area contributed by atoms with E-state index >= 15 is 0 Å². The Morgan fingerprint density at radius 1 is 1.09 bits per heavy atom. The lowest BCUT2D eigenvalue weighted by atomic mass is 10.1. The van der Waals surface area contributed by atoms with Crippen LogP contribution in [0.2, 0.25) is 0 Å². The molecule has 0 aliphatic carbocycles. The van der Waals surface area contributed by atoms with E-state index in [2.05, 4.69) is 4.98 Å². The zero-order chi connectivity index (χ0) is 16.1. The molecular weight excluding hydrogens is 296 g/mol. The minimum Gasteiger partial charge on any atom is -0.477 e. The van der Waals surface area contributed by atoms with Crippen LogP contribution in [0.15, 0.2) is 36.4 Å². The number of hydrogen-bond acceptors (Lipinski definition) is 4. The van der Waals surface area contributed by atoms with Gasteiger partial charge in [0.15, 0.2) is 0 Å². The summed E-state index contributed by atoms with van der Waals surface area (Å²) in [5.41, 5.74) is 0.306. The molecule has 1 heterocycles. The number of aryl methyl sites for hydroxylation is 1. The number of nitrogens with zero attached hydrogens (tertiary/aromatic N) is 1. The Bertz CT molecular complexity index is 701. The second kappa shape index (κ2) is 6.75. The predicted molar refractivity (Wildman–Crippen MR) is 71.5 cm³/mol. The first kappa shape index (κ1) is 15.6. The number of carbonyl (C=O) groups excluding carboxylic acids is 1. The van der Waals surface area contributed by atoms with E-state index in [1.165, 1.54) is 24.3 Å². The van der Waals surface area contributed by atoms with Crippen molar-refractivity contribution in [3.63, 3.8) is 0 Å². The molecule has 0 spiro atoms. The summed E-state index contributed by atoms with van der Waals surface area (Å²) in [5, 5.41) is 8.91. The highest BCUT2D eigenvalue weighted by Crippen LogP contribution is 2.17. The van der Waals surface area contributed by atoms with Crippen molar-refractivity contribution in [1.82, 2.24) is 4.98 Å². The molecule has 0 amide bonds. The highest BCUT2D eigenvalue weighted by Gasteiger charge is 2.17. The van der Waals surface area contributed by atoms with Gasteiger partial charge < -0.3 is 9.84 Å². The average molecular weight is 307 g/mol. The summed E-state index contributed by atoms with van der Waals surface area (Å²) < 4.78 is 30.5. The molecule has 0 atom stereocenters. The van der Waals surface area contributed by atoms with Gasteiger partial charge in [0.1, 0.15) is 11.4 Å². The maximum absolute atomic E-state index is 13.0. The first-order valence-electron chi connectivity index (χ1n) is 6.30. The van der Waals surface area contributed by atoms with Crippen LogP contribution in [-0.4, -0.2) is 22.0 Å². The lowest BCUT2D eigenvalue weighted by molar-refractivity contribution is -0.134. The van der Waals surface area contributed by atoms with Crippen molar-refractivity contribution in [3.8, 4) is 5.88 Å². The van der Waals surface area contributed by atoms with Gasteiger partial charge in [0.05, 0.1) is 6.42 Å². The molecule has 7 heteroatoms. The quantitative estimate of drug-likeness (QED) is 0.678. The van der Waals surface area contributed by atoms with Crippen molar-refractivity contribution in [2.45, 2.75) is 12.8 Å². The molecule has 1 aromatic carbocycles. The van der Waals surface area contributed by atoms with Crippen LogP contribution in [0, 0.1) is 11.8 Å². The molecule has 0 unspecified atom stereocenters. The van der Waals surface area contributed by atoms with E-state index < -0.39 is 29.3 Å². The summed E-state index contributed by atoms with van der Waals surface area (Å²) in [5.74, 6) is -4.07. The van der Waals surface area contributed by atoms with Gasteiger partial charge in [-0.15, -0.1) is 0 Å². The summed E-state index contributed by atoms with van der Waals surface area (Å²) >= 11 is 0. The summed E-state index contributed by atoms with van der Waals surface area (Å²) in [6.45, 7) is 0. The average Bonchev–Trinajstić information content (AvgIpc) is 2.46. The Morgan fingerprint density at radius 3 is 2.41 bits per heavy atom. The zero-order valence-electron chi connectivity index (χ0n) is 11.3. The van der Waals surface area contributed by atoms with Gasteiger partial charge in [-0.1, -0.05) is 12.1 Å². The van der Waals surface area contributed by atoms with Crippen LogP contribution in [-0.2, 0) is 11.2 Å². The Morgan fingerprint density at radius 2 is 1.77 bits per heavy atom. The molecule has 114 valence electrons. The molecule has 0 bridgehead atoms. The molecule has 0 saturated carbocycles. The van der Waals surface area contributed by atoms with Crippen LogP contribution in [0.25, 0.3) is 0 Å². The van der Waals surface area contributed by atoms with E-state index in [-0.39, 0.29) is 18.7 Å². The van der Waals surface area contributed by atoms with Crippen LogP contribution in [0.3, 0.4) is 0 Å². The molecule has 1 N–H and O–H groups in total. The lowest BCUT2D eigenvalue weighted by Gasteiger charge is -2.06. The molecule has 0 aliphatic heterocycles. The summed E-state index contributed by atoms with van der Waals surface area (Å²) in [6.07, 6.45) is 0.194. The third-order valence-corrected chi connectivity index (χ3v) is 2.80. The first-order chi connectivity index (χ1) is 10.5. The zero-order valence-corrected chi connectivity index (χ0v) is 11.3. The predicted octanol–water partition coefficient (Wildman–Crippen LogP) is 2.60. The number of hydrogen-bond donors (Lipinski definition) is 1. The third kappa shape index (κ3) is 4.08. The second-order valence-corrected chi connectivity index (χ2v) is 4.39. The molecular formula is C15H11F2NO4. The van der Waals surface area contributed by atoms with Crippen LogP contribution in [0.5, 0.6) is 5.88 Å². The second-order valence-electron chi connectivity index (χ2n) is 4.39. The maximum Gasteiger partial charge on any atom is 0.341 e. The molecule has 0 radical (unpaired) electrons. The molecule has 0 saturated heterocycles. The van der Waals surface area contributed by atoms with Crippen LogP contribution < -0.4 is 4.74 Å². The molecule has 2 aromatic rings. The minimum atomic E-state index is -1.38. The van der Waals surface area contributed by atoms with Crippen molar-refractivity contribution < 1.29 is 28.2 Å². The molecule has 0 aliphatic rings. The third-order valence-electron chi connectivity index (χ3n) is 2.80. The Balaban J connectivity index is 2.01. The van der Waals surface area contributed by atoms with E-state index in [9.17, 15) is 18.4 Å². The molecule has 5 nitrogen and oxygen atoms in total. The molecule has 2 rings (SSSR count). The number of rotatable bonds is 5. The van der Waals surface area contributed by atoms with Crippen molar-refractivity contribution in [2.24, 2.45) is 0 Å². The van der Waals surface area contributed by atoms with Gasteiger partial charge in [0.2, 0.25) is 11.8 Å². The fourth-order valence-corrected chi connectivity index (χ4v) is 1.71. The number of halogens is 2. The standard InChI is InChI=1S/C15H11F2NO4/c16-10-4-1-9(2-5-10)3-8-13(19)22-14-11(15(20)21)6-7-12(17)18-14/h1-2,4-7H,3,8H2,(H,20,21). The van der Waals surface area contributed by atoms with Crippen molar-refractivity contribution >= 4 is 11.9 Å². The Hall–Kier alpha value is -2.83.